The molecule has 0 aliphatic carbocycles. The molecule has 0 atom stereocenters. The second-order valence-corrected chi connectivity index (χ2v) is 5.89. The zero-order valence-electron chi connectivity index (χ0n) is 15.4. The number of carbonyl (C=O) groups is 3. The van der Waals surface area contributed by atoms with E-state index in [1.165, 1.54) is 9.80 Å². The van der Waals surface area contributed by atoms with Crippen LogP contribution in [0.2, 0.25) is 0 Å². The summed E-state index contributed by atoms with van der Waals surface area (Å²) in [7, 11) is 4.97. The molecule has 27 heavy (non-hydrogen) atoms. The summed E-state index contributed by atoms with van der Waals surface area (Å²) in [6, 6.07) is 8.11. The fourth-order valence-electron chi connectivity index (χ4n) is 2.10. The first-order chi connectivity index (χ1) is 12.9. The summed E-state index contributed by atoms with van der Waals surface area (Å²) in [4.78, 5) is 46.5. The molecule has 0 bridgehead atoms. The van der Waals surface area contributed by atoms with Crippen molar-refractivity contribution in [3.63, 3.8) is 0 Å². The Balaban J connectivity index is 1.78. The summed E-state index contributed by atoms with van der Waals surface area (Å²) >= 11 is 0. The van der Waals surface area contributed by atoms with Crippen LogP contribution >= 0.6 is 0 Å². The van der Waals surface area contributed by atoms with E-state index in [1.807, 2.05) is 0 Å². The molecule has 0 aliphatic heterocycles. The first-order valence-corrected chi connectivity index (χ1v) is 8.12. The molecule has 0 aliphatic rings. The number of hydrogen-bond acceptors (Lipinski definition) is 7. The zero-order valence-corrected chi connectivity index (χ0v) is 15.4. The number of amides is 2. The molecule has 1 aromatic carbocycles. The van der Waals surface area contributed by atoms with Crippen molar-refractivity contribution in [1.29, 1.82) is 0 Å². The summed E-state index contributed by atoms with van der Waals surface area (Å²) in [6.45, 7) is -0.501. The molecule has 0 unspecified atom stereocenters. The van der Waals surface area contributed by atoms with Gasteiger partial charge in [0, 0.05) is 44.8 Å². The summed E-state index contributed by atoms with van der Waals surface area (Å²) in [5.74, 6) is -0.805. The van der Waals surface area contributed by atoms with Crippen LogP contribution in [0.25, 0.3) is 0 Å². The molecule has 1 heterocycles. The number of nitrogens with zero attached hydrogens (tertiary/aromatic N) is 4. The summed E-state index contributed by atoms with van der Waals surface area (Å²) in [5, 5.41) is 2.60. The van der Waals surface area contributed by atoms with Gasteiger partial charge in [0.05, 0.1) is 0 Å². The van der Waals surface area contributed by atoms with Gasteiger partial charge in [0.1, 0.15) is 6.54 Å². The van der Waals surface area contributed by atoms with Crippen molar-refractivity contribution in [3.8, 4) is 0 Å². The first-order valence-electron chi connectivity index (χ1n) is 8.12. The Labute approximate surface area is 157 Å². The standard InChI is InChI=1S/C18H21N5O4/c1-22(2)17(26)13-5-7-14(8-6-13)21-15(24)12-27-16(25)11-23(3)18-19-9-4-10-20-18/h4-10H,11-12H2,1-3H3,(H,21,24). The van der Waals surface area contributed by atoms with Gasteiger partial charge in [-0.05, 0) is 30.3 Å². The van der Waals surface area contributed by atoms with Crippen molar-refractivity contribution in [2.24, 2.45) is 0 Å². The molecule has 2 rings (SSSR count). The maximum atomic E-state index is 11.9. The van der Waals surface area contributed by atoms with Crippen molar-refractivity contribution >= 4 is 29.4 Å². The van der Waals surface area contributed by atoms with Gasteiger partial charge in [-0.25, -0.2) is 9.97 Å². The molecule has 0 spiro atoms. The van der Waals surface area contributed by atoms with Gasteiger partial charge in [-0.1, -0.05) is 0 Å². The molecule has 0 saturated heterocycles. The second-order valence-electron chi connectivity index (χ2n) is 5.89. The molecule has 9 heteroatoms. The molecule has 1 aromatic heterocycles. The van der Waals surface area contributed by atoms with E-state index < -0.39 is 18.5 Å². The van der Waals surface area contributed by atoms with E-state index in [2.05, 4.69) is 15.3 Å². The number of rotatable bonds is 7. The van der Waals surface area contributed by atoms with Crippen LogP contribution in [0.5, 0.6) is 0 Å². The third kappa shape index (κ3) is 6.07. The van der Waals surface area contributed by atoms with Gasteiger partial charge in [-0.3, -0.25) is 14.4 Å². The number of nitrogens with one attached hydrogen (secondary N) is 1. The van der Waals surface area contributed by atoms with Gasteiger partial charge in [0.2, 0.25) is 5.95 Å². The van der Waals surface area contributed by atoms with Crippen LogP contribution in [0.15, 0.2) is 42.7 Å². The zero-order chi connectivity index (χ0) is 19.8. The number of ether oxygens (including phenoxy) is 1. The van der Waals surface area contributed by atoms with E-state index in [1.54, 1.807) is 63.9 Å². The Hall–Kier alpha value is -3.49. The average Bonchev–Trinajstić information content (AvgIpc) is 2.67. The Morgan fingerprint density at radius 3 is 2.26 bits per heavy atom. The van der Waals surface area contributed by atoms with E-state index in [0.717, 1.165) is 0 Å². The molecule has 0 saturated carbocycles. The summed E-state index contributed by atoms with van der Waals surface area (Å²) in [5.41, 5.74) is 1.01. The highest BCUT2D eigenvalue weighted by molar-refractivity contribution is 5.96. The number of likely N-dealkylation sites (N-methyl/N-ethyl adjacent to an activating group) is 1. The first kappa shape index (κ1) is 19.8. The van der Waals surface area contributed by atoms with Crippen LogP contribution < -0.4 is 10.2 Å². The van der Waals surface area contributed by atoms with Crippen LogP contribution in [0.1, 0.15) is 10.4 Å². The molecule has 0 fully saturated rings. The fraction of sp³-hybridized carbons (Fsp3) is 0.278. The van der Waals surface area contributed by atoms with Gasteiger partial charge < -0.3 is 19.9 Å². The maximum Gasteiger partial charge on any atom is 0.326 e. The molecular formula is C18H21N5O4. The van der Waals surface area contributed by atoms with E-state index in [9.17, 15) is 14.4 Å². The van der Waals surface area contributed by atoms with Gasteiger partial charge >= 0.3 is 5.97 Å². The van der Waals surface area contributed by atoms with Gasteiger partial charge in [0.15, 0.2) is 6.61 Å². The minimum Gasteiger partial charge on any atom is -0.454 e. The third-order valence-corrected chi connectivity index (χ3v) is 3.45. The molecule has 2 aromatic rings. The van der Waals surface area contributed by atoms with Crippen LogP contribution in [0.3, 0.4) is 0 Å². The van der Waals surface area contributed by atoms with Crippen molar-refractivity contribution < 1.29 is 19.1 Å². The van der Waals surface area contributed by atoms with Crippen LogP contribution in [-0.4, -0.2) is 66.9 Å². The van der Waals surface area contributed by atoms with E-state index in [0.29, 0.717) is 17.2 Å². The Bertz CT molecular complexity index is 793. The highest BCUT2D eigenvalue weighted by Crippen LogP contribution is 2.11. The van der Waals surface area contributed by atoms with Gasteiger partial charge in [-0.15, -0.1) is 0 Å². The lowest BCUT2D eigenvalue weighted by molar-refractivity contribution is -0.145. The van der Waals surface area contributed by atoms with Crippen LogP contribution in [0.4, 0.5) is 11.6 Å². The topological polar surface area (TPSA) is 105 Å². The quantitative estimate of drug-likeness (QED) is 0.718. The smallest absolute Gasteiger partial charge is 0.326 e. The Morgan fingerprint density at radius 2 is 1.67 bits per heavy atom. The maximum absolute atomic E-state index is 11.9. The lowest BCUT2D eigenvalue weighted by Crippen LogP contribution is -2.30. The predicted octanol–water partition coefficient (Wildman–Crippen LogP) is 0.796. The number of anilines is 2. The van der Waals surface area contributed by atoms with Crippen molar-refractivity contribution in [2.75, 3.05) is 44.5 Å². The van der Waals surface area contributed by atoms with Crippen LogP contribution in [0, 0.1) is 0 Å². The van der Waals surface area contributed by atoms with Crippen molar-refractivity contribution in [3.05, 3.63) is 48.3 Å². The number of aromatic nitrogens is 2. The second kappa shape index (κ2) is 9.27. The van der Waals surface area contributed by atoms with Gasteiger partial charge in [-0.2, -0.15) is 0 Å². The van der Waals surface area contributed by atoms with Crippen LogP contribution in [-0.2, 0) is 14.3 Å². The molecular weight excluding hydrogens is 350 g/mol. The molecule has 9 nitrogen and oxygen atoms in total. The SMILES string of the molecule is CN(C)C(=O)c1ccc(NC(=O)COC(=O)CN(C)c2ncccn2)cc1. The normalized spacial score (nSPS) is 10.0. The van der Waals surface area contributed by atoms with Gasteiger partial charge in [0.25, 0.3) is 11.8 Å². The van der Waals surface area contributed by atoms with E-state index >= 15 is 0 Å². The number of esters is 1. The van der Waals surface area contributed by atoms with Crippen molar-refractivity contribution in [1.82, 2.24) is 14.9 Å². The summed E-state index contributed by atoms with van der Waals surface area (Å²) < 4.78 is 4.95. The monoisotopic (exact) mass is 371 g/mol. The number of hydrogen-bond donors (Lipinski definition) is 1. The lowest BCUT2D eigenvalue weighted by Gasteiger charge is -2.15. The fourth-order valence-corrected chi connectivity index (χ4v) is 2.10. The van der Waals surface area contributed by atoms with Crippen molar-refractivity contribution in [2.45, 2.75) is 0 Å². The Morgan fingerprint density at radius 1 is 1.04 bits per heavy atom. The minimum absolute atomic E-state index is 0.0847. The predicted molar refractivity (Wildman–Crippen MR) is 99.4 cm³/mol. The highest BCUT2D eigenvalue weighted by Gasteiger charge is 2.13. The largest absolute Gasteiger partial charge is 0.454 e. The number of benzene rings is 1. The molecule has 2 amide bonds. The molecule has 0 radical (unpaired) electrons. The summed E-state index contributed by atoms with van der Waals surface area (Å²) in [6.07, 6.45) is 3.13. The van der Waals surface area contributed by atoms with E-state index in [4.69, 9.17) is 4.74 Å². The molecule has 142 valence electrons. The highest BCUT2D eigenvalue weighted by atomic mass is 16.5. The Kier molecular flexibility index (Phi) is 6.81. The lowest BCUT2D eigenvalue weighted by atomic mass is 10.2. The average molecular weight is 371 g/mol. The van der Waals surface area contributed by atoms with E-state index in [-0.39, 0.29) is 12.5 Å². The minimum atomic E-state index is -0.577. The number of carbonyl (C=O) groups excluding carboxylic acids is 3. The third-order valence-electron chi connectivity index (χ3n) is 3.45. The molecule has 1 N–H and O–H groups in total.